The van der Waals surface area contributed by atoms with E-state index < -0.39 is 0 Å². The SMILES string of the molecule is CC(CCN)CCC(=O)N1CCC(CO)C1. The van der Waals surface area contributed by atoms with Gasteiger partial charge < -0.3 is 15.7 Å². The average Bonchev–Trinajstić information content (AvgIpc) is 2.75. The molecule has 2 unspecified atom stereocenters. The summed E-state index contributed by atoms with van der Waals surface area (Å²) in [4.78, 5) is 13.7. The van der Waals surface area contributed by atoms with Crippen molar-refractivity contribution in [3.05, 3.63) is 0 Å². The molecule has 2 atom stereocenters. The molecular weight excluding hydrogens is 204 g/mol. The number of hydrogen-bond acceptors (Lipinski definition) is 3. The maximum atomic E-state index is 11.8. The van der Waals surface area contributed by atoms with Crippen LogP contribution < -0.4 is 5.73 Å². The van der Waals surface area contributed by atoms with E-state index in [2.05, 4.69) is 6.92 Å². The molecule has 0 aromatic rings. The summed E-state index contributed by atoms with van der Waals surface area (Å²) in [5.41, 5.74) is 5.47. The molecule has 1 aliphatic heterocycles. The van der Waals surface area contributed by atoms with Gasteiger partial charge in [-0.05, 0) is 31.7 Å². The number of aliphatic hydroxyl groups is 1. The molecule has 0 spiro atoms. The summed E-state index contributed by atoms with van der Waals surface area (Å²) in [5, 5.41) is 9.00. The van der Waals surface area contributed by atoms with E-state index in [0.717, 1.165) is 32.4 Å². The molecule has 1 amide bonds. The Morgan fingerprint density at radius 2 is 2.31 bits per heavy atom. The molecule has 1 aliphatic rings. The molecule has 0 aromatic heterocycles. The van der Waals surface area contributed by atoms with Gasteiger partial charge in [-0.1, -0.05) is 6.92 Å². The first-order valence-electron chi connectivity index (χ1n) is 6.26. The number of nitrogens with zero attached hydrogens (tertiary/aromatic N) is 1. The fraction of sp³-hybridized carbons (Fsp3) is 0.917. The zero-order chi connectivity index (χ0) is 12.0. The quantitative estimate of drug-likeness (QED) is 0.699. The molecule has 4 heteroatoms. The monoisotopic (exact) mass is 228 g/mol. The van der Waals surface area contributed by atoms with Crippen molar-refractivity contribution in [3.8, 4) is 0 Å². The lowest BCUT2D eigenvalue weighted by Gasteiger charge is -2.17. The first kappa shape index (κ1) is 13.5. The van der Waals surface area contributed by atoms with E-state index in [1.807, 2.05) is 4.90 Å². The van der Waals surface area contributed by atoms with Crippen LogP contribution in [0.5, 0.6) is 0 Å². The van der Waals surface area contributed by atoms with Crippen LogP contribution >= 0.6 is 0 Å². The van der Waals surface area contributed by atoms with Crippen LogP contribution in [0.1, 0.15) is 32.6 Å². The van der Waals surface area contributed by atoms with Crippen LogP contribution in [0.3, 0.4) is 0 Å². The fourth-order valence-corrected chi connectivity index (χ4v) is 2.17. The minimum Gasteiger partial charge on any atom is -0.396 e. The van der Waals surface area contributed by atoms with Crippen molar-refractivity contribution in [3.63, 3.8) is 0 Å². The Labute approximate surface area is 97.8 Å². The van der Waals surface area contributed by atoms with Crippen molar-refractivity contribution >= 4 is 5.91 Å². The van der Waals surface area contributed by atoms with Gasteiger partial charge in [-0.15, -0.1) is 0 Å². The highest BCUT2D eigenvalue weighted by Crippen LogP contribution is 2.18. The molecule has 1 saturated heterocycles. The Morgan fingerprint density at radius 1 is 1.56 bits per heavy atom. The van der Waals surface area contributed by atoms with Gasteiger partial charge in [0.05, 0.1) is 0 Å². The average molecular weight is 228 g/mol. The first-order valence-corrected chi connectivity index (χ1v) is 6.26. The fourth-order valence-electron chi connectivity index (χ4n) is 2.17. The minimum absolute atomic E-state index is 0.202. The summed E-state index contributed by atoms with van der Waals surface area (Å²) < 4.78 is 0. The molecule has 0 aromatic carbocycles. The topological polar surface area (TPSA) is 66.6 Å². The number of likely N-dealkylation sites (tertiary alicyclic amines) is 1. The van der Waals surface area contributed by atoms with Crippen LogP contribution in [0.2, 0.25) is 0 Å². The molecule has 0 saturated carbocycles. The Balaban J connectivity index is 2.20. The molecule has 4 nitrogen and oxygen atoms in total. The summed E-state index contributed by atoms with van der Waals surface area (Å²) in [5.74, 6) is 1.07. The summed E-state index contributed by atoms with van der Waals surface area (Å²) in [6, 6.07) is 0. The third kappa shape index (κ3) is 4.10. The summed E-state index contributed by atoms with van der Waals surface area (Å²) in [7, 11) is 0. The molecule has 3 N–H and O–H groups in total. The minimum atomic E-state index is 0.202. The van der Waals surface area contributed by atoms with Crippen molar-refractivity contribution in [1.82, 2.24) is 4.90 Å². The number of rotatable bonds is 6. The lowest BCUT2D eigenvalue weighted by atomic mass is 10.0. The van der Waals surface area contributed by atoms with Crippen molar-refractivity contribution in [2.24, 2.45) is 17.6 Å². The number of nitrogens with two attached hydrogens (primary N) is 1. The second kappa shape index (κ2) is 6.86. The van der Waals surface area contributed by atoms with E-state index in [-0.39, 0.29) is 12.5 Å². The lowest BCUT2D eigenvalue weighted by molar-refractivity contribution is -0.130. The highest BCUT2D eigenvalue weighted by Gasteiger charge is 2.25. The first-order chi connectivity index (χ1) is 7.67. The third-order valence-electron chi connectivity index (χ3n) is 3.41. The smallest absolute Gasteiger partial charge is 0.222 e. The van der Waals surface area contributed by atoms with Gasteiger partial charge in [0.1, 0.15) is 0 Å². The van der Waals surface area contributed by atoms with Gasteiger partial charge in [0.25, 0.3) is 0 Å². The molecular formula is C12H24N2O2. The molecule has 0 bridgehead atoms. The van der Waals surface area contributed by atoms with Crippen LogP contribution in [0, 0.1) is 11.8 Å². The Hall–Kier alpha value is -0.610. The predicted molar refractivity (Wildman–Crippen MR) is 63.8 cm³/mol. The highest BCUT2D eigenvalue weighted by molar-refractivity contribution is 5.76. The van der Waals surface area contributed by atoms with Crippen molar-refractivity contribution in [2.45, 2.75) is 32.6 Å². The number of carbonyl (C=O) groups is 1. The van der Waals surface area contributed by atoms with Crippen molar-refractivity contribution in [2.75, 3.05) is 26.2 Å². The molecule has 0 aliphatic carbocycles. The van der Waals surface area contributed by atoms with Crippen LogP contribution in [-0.2, 0) is 4.79 Å². The zero-order valence-electron chi connectivity index (χ0n) is 10.2. The van der Waals surface area contributed by atoms with Crippen LogP contribution in [0.25, 0.3) is 0 Å². The molecule has 0 radical (unpaired) electrons. The van der Waals surface area contributed by atoms with Crippen molar-refractivity contribution < 1.29 is 9.90 Å². The van der Waals surface area contributed by atoms with Gasteiger partial charge in [-0.2, -0.15) is 0 Å². The standard InChI is InChI=1S/C12H24N2O2/c1-10(4-6-13)2-3-12(16)14-7-5-11(8-14)9-15/h10-11,15H,2-9,13H2,1H3. The van der Waals surface area contributed by atoms with Crippen LogP contribution in [0.15, 0.2) is 0 Å². The van der Waals surface area contributed by atoms with E-state index in [1.54, 1.807) is 0 Å². The third-order valence-corrected chi connectivity index (χ3v) is 3.41. The van der Waals surface area contributed by atoms with Gasteiger partial charge in [-0.3, -0.25) is 4.79 Å². The maximum Gasteiger partial charge on any atom is 0.222 e. The lowest BCUT2D eigenvalue weighted by Crippen LogP contribution is -2.29. The van der Waals surface area contributed by atoms with Gasteiger partial charge in [0, 0.05) is 32.0 Å². The van der Waals surface area contributed by atoms with E-state index >= 15 is 0 Å². The molecule has 16 heavy (non-hydrogen) atoms. The van der Waals surface area contributed by atoms with Crippen LogP contribution in [0.4, 0.5) is 0 Å². The summed E-state index contributed by atoms with van der Waals surface area (Å²) in [6.45, 7) is 4.59. The molecule has 1 fully saturated rings. The van der Waals surface area contributed by atoms with Gasteiger partial charge in [0.2, 0.25) is 5.91 Å². The number of aliphatic hydroxyl groups excluding tert-OH is 1. The molecule has 1 heterocycles. The predicted octanol–water partition coefficient (Wildman–Crippen LogP) is 0.592. The second-order valence-electron chi connectivity index (χ2n) is 4.90. The van der Waals surface area contributed by atoms with E-state index in [1.165, 1.54) is 0 Å². The largest absolute Gasteiger partial charge is 0.396 e. The number of hydrogen-bond donors (Lipinski definition) is 2. The molecule has 94 valence electrons. The summed E-state index contributed by atoms with van der Waals surface area (Å²) in [6.07, 6.45) is 3.49. The van der Waals surface area contributed by atoms with Gasteiger partial charge in [-0.25, -0.2) is 0 Å². The van der Waals surface area contributed by atoms with Gasteiger partial charge >= 0.3 is 0 Å². The summed E-state index contributed by atoms with van der Waals surface area (Å²) >= 11 is 0. The highest BCUT2D eigenvalue weighted by atomic mass is 16.3. The normalized spacial score (nSPS) is 22.4. The van der Waals surface area contributed by atoms with Crippen molar-refractivity contribution in [1.29, 1.82) is 0 Å². The zero-order valence-corrected chi connectivity index (χ0v) is 10.2. The van der Waals surface area contributed by atoms with E-state index in [0.29, 0.717) is 24.8 Å². The van der Waals surface area contributed by atoms with Gasteiger partial charge in [0.15, 0.2) is 0 Å². The van der Waals surface area contributed by atoms with E-state index in [9.17, 15) is 4.79 Å². The van der Waals surface area contributed by atoms with E-state index in [4.69, 9.17) is 10.8 Å². The Bertz CT molecular complexity index is 221. The second-order valence-corrected chi connectivity index (χ2v) is 4.90. The number of carbonyl (C=O) groups excluding carboxylic acids is 1. The van der Waals surface area contributed by atoms with Crippen LogP contribution in [-0.4, -0.2) is 42.2 Å². The Kier molecular flexibility index (Phi) is 5.77. The molecule has 1 rings (SSSR count). The maximum absolute atomic E-state index is 11.8. The Morgan fingerprint density at radius 3 is 2.88 bits per heavy atom. The number of amides is 1.